The van der Waals surface area contributed by atoms with Gasteiger partial charge in [0.05, 0.1) is 6.61 Å². The Balaban J connectivity index is 2.29. The van der Waals surface area contributed by atoms with Crippen LogP contribution in [0.5, 0.6) is 0 Å². The van der Waals surface area contributed by atoms with Gasteiger partial charge in [0.15, 0.2) is 0 Å². The van der Waals surface area contributed by atoms with Gasteiger partial charge < -0.3 is 10.1 Å². The van der Waals surface area contributed by atoms with Gasteiger partial charge in [0.2, 0.25) is 0 Å². The Kier molecular flexibility index (Phi) is 5.45. The Labute approximate surface area is 87.8 Å². The van der Waals surface area contributed by atoms with E-state index in [9.17, 15) is 0 Å². The lowest BCUT2D eigenvalue weighted by Gasteiger charge is -2.29. The highest BCUT2D eigenvalue weighted by Gasteiger charge is 2.19. The monoisotopic (exact) mass is 200 g/mol. The SMILES string of the molecule is CCN(C[C@@H]1CCCN1)C(C)COC. The van der Waals surface area contributed by atoms with E-state index in [0.29, 0.717) is 12.1 Å². The van der Waals surface area contributed by atoms with E-state index in [1.54, 1.807) is 7.11 Å². The lowest BCUT2D eigenvalue weighted by Crippen LogP contribution is -2.43. The molecule has 1 N–H and O–H groups in total. The predicted octanol–water partition coefficient (Wildman–Crippen LogP) is 1.10. The highest BCUT2D eigenvalue weighted by molar-refractivity contribution is 4.79. The summed E-state index contributed by atoms with van der Waals surface area (Å²) in [5.41, 5.74) is 0. The molecule has 3 heteroatoms. The van der Waals surface area contributed by atoms with Crippen LogP contribution in [0.1, 0.15) is 26.7 Å². The zero-order chi connectivity index (χ0) is 10.4. The number of ether oxygens (including phenoxy) is 1. The van der Waals surface area contributed by atoms with Crippen molar-refractivity contribution in [1.29, 1.82) is 0 Å². The van der Waals surface area contributed by atoms with Crippen LogP contribution in [0.2, 0.25) is 0 Å². The van der Waals surface area contributed by atoms with Gasteiger partial charge in [-0.05, 0) is 32.9 Å². The third kappa shape index (κ3) is 3.56. The maximum absolute atomic E-state index is 5.19. The van der Waals surface area contributed by atoms with Crippen molar-refractivity contribution in [3.8, 4) is 0 Å². The van der Waals surface area contributed by atoms with Gasteiger partial charge in [-0.15, -0.1) is 0 Å². The summed E-state index contributed by atoms with van der Waals surface area (Å²) in [5, 5.41) is 3.54. The van der Waals surface area contributed by atoms with Crippen molar-refractivity contribution in [2.24, 2.45) is 0 Å². The molecule has 0 spiro atoms. The van der Waals surface area contributed by atoms with Gasteiger partial charge in [0.1, 0.15) is 0 Å². The quantitative estimate of drug-likeness (QED) is 0.695. The van der Waals surface area contributed by atoms with Gasteiger partial charge >= 0.3 is 0 Å². The van der Waals surface area contributed by atoms with Gasteiger partial charge in [-0.25, -0.2) is 0 Å². The minimum absolute atomic E-state index is 0.535. The molecule has 0 bridgehead atoms. The molecule has 2 atom stereocenters. The van der Waals surface area contributed by atoms with Crippen LogP contribution in [0, 0.1) is 0 Å². The number of methoxy groups -OCH3 is 1. The van der Waals surface area contributed by atoms with E-state index in [0.717, 1.165) is 13.2 Å². The Morgan fingerprint density at radius 2 is 2.36 bits per heavy atom. The van der Waals surface area contributed by atoms with Gasteiger partial charge in [-0.1, -0.05) is 6.92 Å². The molecule has 1 heterocycles. The van der Waals surface area contributed by atoms with Gasteiger partial charge in [0.25, 0.3) is 0 Å². The lowest BCUT2D eigenvalue weighted by molar-refractivity contribution is 0.0972. The van der Waals surface area contributed by atoms with E-state index in [1.165, 1.54) is 25.9 Å². The maximum Gasteiger partial charge on any atom is 0.0615 e. The minimum Gasteiger partial charge on any atom is -0.383 e. The van der Waals surface area contributed by atoms with Crippen molar-refractivity contribution in [3.63, 3.8) is 0 Å². The Hall–Kier alpha value is -0.120. The molecular formula is C11H24N2O. The molecule has 3 nitrogen and oxygen atoms in total. The van der Waals surface area contributed by atoms with Crippen LogP contribution in [-0.2, 0) is 4.74 Å². The second-order valence-electron chi connectivity index (χ2n) is 4.19. The summed E-state index contributed by atoms with van der Waals surface area (Å²) >= 11 is 0. The first-order valence-corrected chi connectivity index (χ1v) is 5.74. The van der Waals surface area contributed by atoms with E-state index < -0.39 is 0 Å². The molecule has 1 unspecified atom stereocenters. The van der Waals surface area contributed by atoms with E-state index in [-0.39, 0.29) is 0 Å². The summed E-state index contributed by atoms with van der Waals surface area (Å²) in [7, 11) is 1.78. The normalized spacial score (nSPS) is 24.4. The zero-order valence-electron chi connectivity index (χ0n) is 9.75. The molecule has 0 aliphatic carbocycles. The number of nitrogens with zero attached hydrogens (tertiary/aromatic N) is 1. The van der Waals surface area contributed by atoms with E-state index in [4.69, 9.17) is 4.74 Å². The lowest BCUT2D eigenvalue weighted by atomic mass is 10.2. The third-order valence-electron chi connectivity index (χ3n) is 3.05. The van der Waals surface area contributed by atoms with Crippen LogP contribution in [0.4, 0.5) is 0 Å². The number of hydrogen-bond donors (Lipinski definition) is 1. The summed E-state index contributed by atoms with van der Waals surface area (Å²) in [5.74, 6) is 0. The summed E-state index contributed by atoms with van der Waals surface area (Å²) in [6.07, 6.45) is 2.66. The van der Waals surface area contributed by atoms with Crippen LogP contribution in [0.15, 0.2) is 0 Å². The van der Waals surface area contributed by atoms with Crippen molar-refractivity contribution in [2.75, 3.05) is 33.4 Å². The molecule has 0 aromatic carbocycles. The molecule has 1 aliphatic rings. The first-order valence-electron chi connectivity index (χ1n) is 5.74. The molecule has 1 rings (SSSR count). The Morgan fingerprint density at radius 3 is 2.86 bits per heavy atom. The van der Waals surface area contributed by atoms with E-state index in [2.05, 4.69) is 24.1 Å². The van der Waals surface area contributed by atoms with Crippen molar-refractivity contribution in [2.45, 2.75) is 38.8 Å². The summed E-state index contributed by atoms with van der Waals surface area (Å²) in [6, 6.07) is 1.24. The molecule has 14 heavy (non-hydrogen) atoms. The molecular weight excluding hydrogens is 176 g/mol. The average Bonchev–Trinajstić information content (AvgIpc) is 2.66. The molecule has 1 saturated heterocycles. The summed E-state index contributed by atoms with van der Waals surface area (Å²) < 4.78 is 5.19. The standard InChI is InChI=1S/C11H24N2O/c1-4-13(10(2)9-14-3)8-11-6-5-7-12-11/h10-12H,4-9H2,1-3H3/t10?,11-/m0/s1. The number of rotatable bonds is 6. The molecule has 0 aromatic rings. The maximum atomic E-state index is 5.19. The fourth-order valence-corrected chi connectivity index (χ4v) is 2.16. The Morgan fingerprint density at radius 1 is 1.57 bits per heavy atom. The van der Waals surface area contributed by atoms with Crippen LogP contribution < -0.4 is 5.32 Å². The molecule has 0 saturated carbocycles. The van der Waals surface area contributed by atoms with Crippen molar-refractivity contribution >= 4 is 0 Å². The number of hydrogen-bond acceptors (Lipinski definition) is 3. The molecule has 0 aromatic heterocycles. The van der Waals surface area contributed by atoms with E-state index >= 15 is 0 Å². The van der Waals surface area contributed by atoms with E-state index in [1.807, 2.05) is 0 Å². The molecule has 0 amide bonds. The second-order valence-corrected chi connectivity index (χ2v) is 4.19. The third-order valence-corrected chi connectivity index (χ3v) is 3.05. The first kappa shape index (κ1) is 12.0. The van der Waals surface area contributed by atoms with Crippen LogP contribution in [0.25, 0.3) is 0 Å². The van der Waals surface area contributed by atoms with Gasteiger partial charge in [-0.3, -0.25) is 4.90 Å². The smallest absolute Gasteiger partial charge is 0.0615 e. The van der Waals surface area contributed by atoms with Crippen molar-refractivity contribution in [1.82, 2.24) is 10.2 Å². The van der Waals surface area contributed by atoms with Crippen molar-refractivity contribution in [3.05, 3.63) is 0 Å². The number of nitrogens with one attached hydrogen (secondary N) is 1. The van der Waals surface area contributed by atoms with Crippen molar-refractivity contribution < 1.29 is 4.74 Å². The molecule has 1 fully saturated rings. The van der Waals surface area contributed by atoms with Gasteiger partial charge in [0, 0.05) is 25.7 Å². The topological polar surface area (TPSA) is 24.5 Å². The summed E-state index contributed by atoms with van der Waals surface area (Å²) in [6.45, 7) is 8.77. The fourth-order valence-electron chi connectivity index (χ4n) is 2.16. The molecule has 84 valence electrons. The largest absolute Gasteiger partial charge is 0.383 e. The molecule has 1 aliphatic heterocycles. The molecule has 0 radical (unpaired) electrons. The number of likely N-dealkylation sites (N-methyl/N-ethyl adjacent to an activating group) is 1. The average molecular weight is 200 g/mol. The van der Waals surface area contributed by atoms with Crippen LogP contribution >= 0.6 is 0 Å². The highest BCUT2D eigenvalue weighted by atomic mass is 16.5. The summed E-state index contributed by atoms with van der Waals surface area (Å²) in [4.78, 5) is 2.49. The van der Waals surface area contributed by atoms with Gasteiger partial charge in [-0.2, -0.15) is 0 Å². The van der Waals surface area contributed by atoms with Crippen LogP contribution in [0.3, 0.4) is 0 Å². The minimum atomic E-state index is 0.535. The highest BCUT2D eigenvalue weighted by Crippen LogP contribution is 2.09. The fraction of sp³-hybridized carbons (Fsp3) is 1.00. The second kappa shape index (κ2) is 6.38. The Bertz CT molecular complexity index is 146. The zero-order valence-corrected chi connectivity index (χ0v) is 9.75. The first-order chi connectivity index (χ1) is 6.77. The predicted molar refractivity (Wildman–Crippen MR) is 59.6 cm³/mol. The van der Waals surface area contributed by atoms with Crippen LogP contribution in [-0.4, -0.2) is 50.3 Å².